The highest BCUT2D eigenvalue weighted by Gasteiger charge is 2.38. The zero-order valence-corrected chi connectivity index (χ0v) is 22.9. The second kappa shape index (κ2) is 13.4. The normalized spacial score (nSPS) is 30.9. The molecule has 7 atom stereocenters. The Labute approximate surface area is 215 Å². The summed E-state index contributed by atoms with van der Waals surface area (Å²) in [5.74, 6) is -2.41. The SMILES string of the molecule is CC[C@H](C)[C@@H]1NC(=O)[C@@H]([C@@H](C)CC)NC(=O)[C@H](C(C)C)NC(=O)[C@H]2CSSC[C@@H](NC1=O)C(=O)N2. The zero-order chi connectivity index (χ0) is 26.3. The van der Waals surface area contributed by atoms with Gasteiger partial charge in [-0.25, -0.2) is 0 Å². The van der Waals surface area contributed by atoms with Crippen molar-refractivity contribution >= 4 is 51.1 Å². The Kier molecular flexibility index (Phi) is 11.2. The summed E-state index contributed by atoms with van der Waals surface area (Å²) in [5.41, 5.74) is 0. The summed E-state index contributed by atoms with van der Waals surface area (Å²) in [7, 11) is 2.80. The Morgan fingerprint density at radius 3 is 1.37 bits per heavy atom. The lowest BCUT2D eigenvalue weighted by Gasteiger charge is -2.30. The average Bonchev–Trinajstić information content (AvgIpc) is 2.81. The second-order valence-electron chi connectivity index (χ2n) is 9.67. The minimum atomic E-state index is -0.895. The number of carbonyl (C=O) groups excluding carboxylic acids is 5. The first kappa shape index (κ1) is 29.3. The van der Waals surface area contributed by atoms with Crippen LogP contribution in [0.5, 0.6) is 0 Å². The second-order valence-corrected chi connectivity index (χ2v) is 12.2. The molecule has 0 unspecified atom stereocenters. The average molecular weight is 530 g/mol. The Morgan fingerprint density at radius 2 is 0.943 bits per heavy atom. The summed E-state index contributed by atoms with van der Waals surface area (Å²) in [6.07, 6.45) is 1.24. The fourth-order valence-corrected chi connectivity index (χ4v) is 6.14. The fourth-order valence-electron chi connectivity index (χ4n) is 3.81. The van der Waals surface area contributed by atoms with Gasteiger partial charge in [0.05, 0.1) is 0 Å². The number of nitrogens with one attached hydrogen (secondary N) is 5. The highest BCUT2D eigenvalue weighted by molar-refractivity contribution is 8.76. The molecule has 10 nitrogen and oxygen atoms in total. The van der Waals surface area contributed by atoms with Gasteiger partial charge in [0.15, 0.2) is 0 Å². The monoisotopic (exact) mass is 529 g/mol. The highest BCUT2D eigenvalue weighted by atomic mass is 33.1. The lowest BCUT2D eigenvalue weighted by molar-refractivity contribution is -0.135. The van der Waals surface area contributed by atoms with Crippen LogP contribution < -0.4 is 26.6 Å². The maximum Gasteiger partial charge on any atom is 0.244 e. The molecule has 35 heavy (non-hydrogen) atoms. The molecule has 5 N–H and O–H groups in total. The summed E-state index contributed by atoms with van der Waals surface area (Å²) >= 11 is 0. The van der Waals surface area contributed by atoms with Gasteiger partial charge in [-0.05, 0) is 17.8 Å². The fraction of sp³-hybridized carbons (Fsp3) is 0.783. The van der Waals surface area contributed by atoms with E-state index in [0.29, 0.717) is 24.3 Å². The maximum atomic E-state index is 13.4. The van der Waals surface area contributed by atoms with Crippen LogP contribution >= 0.6 is 21.6 Å². The number of rotatable bonds is 5. The van der Waals surface area contributed by atoms with Crippen LogP contribution in [0.3, 0.4) is 0 Å². The molecule has 2 bridgehead atoms. The van der Waals surface area contributed by atoms with Gasteiger partial charge in [-0.1, -0.05) is 76.0 Å². The molecule has 5 amide bonds. The van der Waals surface area contributed by atoms with Gasteiger partial charge in [0.1, 0.15) is 30.2 Å². The summed E-state index contributed by atoms with van der Waals surface area (Å²) in [6, 6.07) is -4.39. The van der Waals surface area contributed by atoms with Crippen LogP contribution in [0, 0.1) is 17.8 Å². The van der Waals surface area contributed by atoms with Crippen LogP contribution in [0.25, 0.3) is 0 Å². The van der Waals surface area contributed by atoms with E-state index in [4.69, 9.17) is 0 Å². The highest BCUT2D eigenvalue weighted by Crippen LogP contribution is 2.25. The quantitative estimate of drug-likeness (QED) is 0.327. The Morgan fingerprint density at radius 1 is 0.600 bits per heavy atom. The lowest BCUT2D eigenvalue weighted by atomic mass is 9.94. The standard InChI is InChI=1S/C23H39N5O5S2/c1-7-12(5)17-22(32)25-14-9-34-35-10-15(24-19(14)29)20(30)26-16(11(3)4)21(31)27-18(13(6)8-2)23(33)28-17/h11-18H,7-10H2,1-6H3,(H,24,29)(H,25,32)(H,26,30)(H,27,31)(H,28,33)/t12-,13-,14+,15+,16-,17-,18+/m0/s1. The molecule has 0 aliphatic carbocycles. The predicted octanol–water partition coefficient (Wildman–Crippen LogP) is 0.567. The third-order valence-electron chi connectivity index (χ3n) is 6.65. The molecule has 0 aromatic rings. The molecule has 0 aromatic heterocycles. The van der Waals surface area contributed by atoms with Crippen molar-refractivity contribution in [1.29, 1.82) is 0 Å². The predicted molar refractivity (Wildman–Crippen MR) is 138 cm³/mol. The lowest BCUT2D eigenvalue weighted by Crippen LogP contribution is -2.60. The number of carbonyl (C=O) groups is 5. The van der Waals surface area contributed by atoms with Crippen molar-refractivity contribution < 1.29 is 24.0 Å². The maximum absolute atomic E-state index is 13.4. The van der Waals surface area contributed by atoms with Crippen LogP contribution in [-0.4, -0.2) is 71.3 Å². The first-order chi connectivity index (χ1) is 16.5. The van der Waals surface area contributed by atoms with E-state index in [9.17, 15) is 24.0 Å². The molecule has 2 aliphatic heterocycles. The van der Waals surface area contributed by atoms with Gasteiger partial charge >= 0.3 is 0 Å². The number of hydrogen-bond acceptors (Lipinski definition) is 7. The molecule has 2 fully saturated rings. The number of fused-ring (bicyclic) bond motifs is 3. The third-order valence-corrected chi connectivity index (χ3v) is 9.07. The summed E-state index contributed by atoms with van der Waals surface area (Å²) in [4.78, 5) is 65.9. The van der Waals surface area contributed by atoms with E-state index in [2.05, 4.69) is 26.6 Å². The molecule has 2 heterocycles. The molecule has 0 aromatic carbocycles. The summed E-state index contributed by atoms with van der Waals surface area (Å²) < 4.78 is 0. The van der Waals surface area contributed by atoms with E-state index in [0.717, 1.165) is 0 Å². The number of hydrogen-bond donors (Lipinski definition) is 5. The molecule has 0 saturated carbocycles. The molecular formula is C23H39N5O5S2. The van der Waals surface area contributed by atoms with Crippen LogP contribution in [-0.2, 0) is 24.0 Å². The van der Waals surface area contributed by atoms with E-state index in [1.54, 1.807) is 13.8 Å². The van der Waals surface area contributed by atoms with Gasteiger partial charge in [0, 0.05) is 11.5 Å². The van der Waals surface area contributed by atoms with E-state index in [-0.39, 0.29) is 17.8 Å². The van der Waals surface area contributed by atoms with Crippen molar-refractivity contribution in [1.82, 2.24) is 26.6 Å². The van der Waals surface area contributed by atoms with Crippen molar-refractivity contribution in [2.45, 2.75) is 84.6 Å². The first-order valence-electron chi connectivity index (χ1n) is 12.3. The Hall–Kier alpha value is -1.95. The van der Waals surface area contributed by atoms with E-state index < -0.39 is 59.7 Å². The van der Waals surface area contributed by atoms with Crippen molar-refractivity contribution in [2.24, 2.45) is 17.8 Å². The van der Waals surface area contributed by atoms with Gasteiger partial charge in [0.25, 0.3) is 0 Å². The Bertz CT molecular complexity index is 811. The summed E-state index contributed by atoms with van der Waals surface area (Å²) in [6.45, 7) is 11.1. The molecule has 2 aliphatic rings. The van der Waals surface area contributed by atoms with Gasteiger partial charge in [-0.2, -0.15) is 0 Å². The number of amides is 5. The van der Waals surface area contributed by atoms with Crippen molar-refractivity contribution in [3.63, 3.8) is 0 Å². The largest absolute Gasteiger partial charge is 0.342 e. The van der Waals surface area contributed by atoms with Crippen molar-refractivity contribution in [3.8, 4) is 0 Å². The Balaban J connectivity index is 2.51. The van der Waals surface area contributed by atoms with Crippen LogP contribution in [0.2, 0.25) is 0 Å². The first-order valence-corrected chi connectivity index (χ1v) is 14.7. The molecule has 0 spiro atoms. The zero-order valence-electron chi connectivity index (χ0n) is 21.3. The molecule has 12 heteroatoms. The van der Waals surface area contributed by atoms with Crippen LogP contribution in [0.15, 0.2) is 0 Å². The molecule has 2 rings (SSSR count). The van der Waals surface area contributed by atoms with E-state index >= 15 is 0 Å². The van der Waals surface area contributed by atoms with Crippen LogP contribution in [0.1, 0.15) is 54.4 Å². The minimum Gasteiger partial charge on any atom is -0.342 e. The van der Waals surface area contributed by atoms with Gasteiger partial charge in [0.2, 0.25) is 29.5 Å². The van der Waals surface area contributed by atoms with E-state index in [1.807, 2.05) is 27.7 Å². The third kappa shape index (κ3) is 7.77. The summed E-state index contributed by atoms with van der Waals surface area (Å²) in [5, 5.41) is 13.9. The topological polar surface area (TPSA) is 146 Å². The van der Waals surface area contributed by atoms with Crippen molar-refractivity contribution in [3.05, 3.63) is 0 Å². The van der Waals surface area contributed by atoms with Gasteiger partial charge in [-0.3, -0.25) is 24.0 Å². The smallest absolute Gasteiger partial charge is 0.244 e. The van der Waals surface area contributed by atoms with Gasteiger partial charge < -0.3 is 26.6 Å². The van der Waals surface area contributed by atoms with Crippen LogP contribution in [0.4, 0.5) is 0 Å². The molecular weight excluding hydrogens is 490 g/mol. The minimum absolute atomic E-state index is 0.207. The molecule has 198 valence electrons. The van der Waals surface area contributed by atoms with E-state index in [1.165, 1.54) is 21.6 Å². The van der Waals surface area contributed by atoms with Gasteiger partial charge in [-0.15, -0.1) is 0 Å². The molecule has 2 saturated heterocycles. The van der Waals surface area contributed by atoms with Crippen molar-refractivity contribution in [2.75, 3.05) is 11.5 Å². The molecule has 0 radical (unpaired) electrons.